The number of carbonyl (C=O) groups excluding carboxylic acids is 1. The predicted octanol–water partition coefficient (Wildman–Crippen LogP) is 3.46. The second-order valence-electron chi connectivity index (χ2n) is 6.15. The Morgan fingerprint density at radius 2 is 1.95 bits per heavy atom. The van der Waals surface area contributed by atoms with Gasteiger partial charge in [-0.2, -0.15) is 0 Å². The summed E-state index contributed by atoms with van der Waals surface area (Å²) >= 11 is 1.45. The molecule has 120 valence electrons. The van der Waals surface area contributed by atoms with E-state index in [2.05, 4.69) is 0 Å². The fourth-order valence-electron chi connectivity index (χ4n) is 3.00. The lowest BCUT2D eigenvalue weighted by Crippen LogP contribution is -2.22. The Morgan fingerprint density at radius 1 is 1.32 bits per heavy atom. The van der Waals surface area contributed by atoms with Gasteiger partial charge in [0.1, 0.15) is 5.25 Å². The average molecular weight is 322 g/mol. The van der Waals surface area contributed by atoms with Crippen LogP contribution in [-0.4, -0.2) is 28.9 Å². The monoisotopic (exact) mass is 322 g/mol. The van der Waals surface area contributed by atoms with Gasteiger partial charge in [-0.1, -0.05) is 32.0 Å². The van der Waals surface area contributed by atoms with Crippen LogP contribution in [-0.2, 0) is 14.3 Å². The van der Waals surface area contributed by atoms with Crippen LogP contribution in [0.5, 0.6) is 0 Å². The van der Waals surface area contributed by atoms with Gasteiger partial charge in [-0.15, -0.1) is 11.8 Å². The van der Waals surface area contributed by atoms with Gasteiger partial charge >= 0.3 is 11.9 Å². The van der Waals surface area contributed by atoms with Crippen LogP contribution in [0.1, 0.15) is 27.2 Å². The number of esters is 1. The molecule has 0 radical (unpaired) electrons. The Bertz CT molecular complexity index is 541. The number of benzene rings is 1. The number of ether oxygens (including phenoxy) is 1. The van der Waals surface area contributed by atoms with Gasteiger partial charge in [-0.3, -0.25) is 9.59 Å². The highest BCUT2D eigenvalue weighted by Crippen LogP contribution is 2.61. The van der Waals surface area contributed by atoms with Crippen molar-refractivity contribution in [3.05, 3.63) is 30.3 Å². The summed E-state index contributed by atoms with van der Waals surface area (Å²) in [6.45, 7) is 6.02. The molecule has 3 unspecified atom stereocenters. The summed E-state index contributed by atoms with van der Waals surface area (Å²) in [6.07, 6.45) is 0.530. The number of hydrogen-bond acceptors (Lipinski definition) is 4. The Labute approximate surface area is 135 Å². The SMILES string of the molecule is CCOC(=O)C(CC1C(C(=O)O)C1(C)C)Sc1ccccc1. The Balaban J connectivity index is 2.09. The van der Waals surface area contributed by atoms with Crippen LogP contribution in [0.15, 0.2) is 35.2 Å². The van der Waals surface area contributed by atoms with Crippen LogP contribution in [0.4, 0.5) is 0 Å². The maximum Gasteiger partial charge on any atom is 0.319 e. The van der Waals surface area contributed by atoms with Crippen molar-refractivity contribution in [2.75, 3.05) is 6.61 Å². The Morgan fingerprint density at radius 3 is 2.45 bits per heavy atom. The summed E-state index contributed by atoms with van der Waals surface area (Å²) in [5.74, 6) is -1.40. The minimum absolute atomic E-state index is 0.00983. The Hall–Kier alpha value is -1.49. The number of hydrogen-bond donors (Lipinski definition) is 1. The van der Waals surface area contributed by atoms with Gasteiger partial charge in [0.05, 0.1) is 12.5 Å². The van der Waals surface area contributed by atoms with Crippen molar-refractivity contribution < 1.29 is 19.4 Å². The predicted molar refractivity (Wildman–Crippen MR) is 85.7 cm³/mol. The average Bonchev–Trinajstić information content (AvgIpc) is 3.01. The number of carbonyl (C=O) groups is 2. The zero-order chi connectivity index (χ0) is 16.3. The first-order valence-corrected chi connectivity index (χ1v) is 8.37. The maximum atomic E-state index is 12.2. The molecular formula is C17H22O4S. The van der Waals surface area contributed by atoms with Gasteiger partial charge in [0.2, 0.25) is 0 Å². The lowest BCUT2D eigenvalue weighted by Gasteiger charge is -2.16. The minimum Gasteiger partial charge on any atom is -0.481 e. The molecule has 1 aliphatic carbocycles. The molecule has 1 aliphatic rings. The molecule has 1 aromatic rings. The molecule has 0 heterocycles. The molecule has 0 amide bonds. The van der Waals surface area contributed by atoms with Gasteiger partial charge in [-0.25, -0.2) is 0 Å². The van der Waals surface area contributed by atoms with Crippen molar-refractivity contribution in [2.45, 2.75) is 37.3 Å². The lowest BCUT2D eigenvalue weighted by atomic mass is 10.1. The van der Waals surface area contributed by atoms with Crippen molar-refractivity contribution in [1.29, 1.82) is 0 Å². The van der Waals surface area contributed by atoms with Crippen molar-refractivity contribution in [2.24, 2.45) is 17.3 Å². The molecule has 2 rings (SSSR count). The summed E-state index contributed by atoms with van der Waals surface area (Å²) in [4.78, 5) is 24.5. The zero-order valence-corrected chi connectivity index (χ0v) is 13.9. The van der Waals surface area contributed by atoms with E-state index < -0.39 is 5.97 Å². The number of carboxylic acid groups (broad SMARTS) is 1. The van der Waals surface area contributed by atoms with E-state index in [4.69, 9.17) is 4.74 Å². The van der Waals surface area contributed by atoms with E-state index in [1.807, 2.05) is 44.2 Å². The second kappa shape index (κ2) is 6.73. The minimum atomic E-state index is -0.776. The largest absolute Gasteiger partial charge is 0.481 e. The number of carboxylic acids is 1. The molecule has 1 fully saturated rings. The molecule has 22 heavy (non-hydrogen) atoms. The van der Waals surface area contributed by atoms with Crippen molar-refractivity contribution in [1.82, 2.24) is 0 Å². The molecule has 0 spiro atoms. The first-order valence-electron chi connectivity index (χ1n) is 7.49. The molecule has 5 heteroatoms. The van der Waals surface area contributed by atoms with Gasteiger partial charge in [0, 0.05) is 4.90 Å². The first-order chi connectivity index (χ1) is 10.4. The second-order valence-corrected chi connectivity index (χ2v) is 7.43. The van der Waals surface area contributed by atoms with Crippen LogP contribution in [0.2, 0.25) is 0 Å². The van der Waals surface area contributed by atoms with Gasteiger partial charge in [-0.05, 0) is 36.8 Å². The standard InChI is InChI=1S/C17H22O4S/c1-4-21-16(20)13(22-11-8-6-5-7-9-11)10-12-14(15(18)19)17(12,2)3/h5-9,12-14H,4,10H2,1-3H3,(H,18,19). The molecule has 0 aromatic heterocycles. The van der Waals surface area contributed by atoms with E-state index in [1.54, 1.807) is 6.92 Å². The normalized spacial score (nSPS) is 23.6. The van der Waals surface area contributed by atoms with E-state index in [1.165, 1.54) is 11.8 Å². The summed E-state index contributed by atoms with van der Waals surface area (Å²) < 4.78 is 5.16. The van der Waals surface area contributed by atoms with Crippen LogP contribution in [0.3, 0.4) is 0 Å². The van der Waals surface area contributed by atoms with Crippen LogP contribution in [0.25, 0.3) is 0 Å². The number of rotatable bonds is 7. The molecule has 0 saturated heterocycles. The topological polar surface area (TPSA) is 63.6 Å². The third-order valence-electron chi connectivity index (χ3n) is 4.36. The smallest absolute Gasteiger partial charge is 0.319 e. The molecule has 1 saturated carbocycles. The van der Waals surface area contributed by atoms with Crippen molar-refractivity contribution in [3.8, 4) is 0 Å². The highest BCUT2D eigenvalue weighted by atomic mass is 32.2. The summed E-state index contributed by atoms with van der Waals surface area (Å²) in [5.41, 5.74) is -0.256. The lowest BCUT2D eigenvalue weighted by molar-refractivity contribution is -0.143. The van der Waals surface area contributed by atoms with Gasteiger partial charge in [0.25, 0.3) is 0 Å². The van der Waals surface area contributed by atoms with E-state index >= 15 is 0 Å². The van der Waals surface area contributed by atoms with Crippen molar-refractivity contribution in [3.63, 3.8) is 0 Å². The zero-order valence-electron chi connectivity index (χ0n) is 13.1. The van der Waals surface area contributed by atoms with Crippen molar-refractivity contribution >= 4 is 23.7 Å². The summed E-state index contributed by atoms with van der Waals surface area (Å²) in [7, 11) is 0. The molecule has 4 nitrogen and oxygen atoms in total. The van der Waals surface area contributed by atoms with E-state index in [0.29, 0.717) is 13.0 Å². The number of aliphatic carboxylic acids is 1. The molecular weight excluding hydrogens is 300 g/mol. The van der Waals surface area contributed by atoms with E-state index in [9.17, 15) is 14.7 Å². The fraction of sp³-hybridized carbons (Fsp3) is 0.529. The highest BCUT2D eigenvalue weighted by Gasteiger charge is 2.62. The quantitative estimate of drug-likeness (QED) is 0.615. The Kier molecular flexibility index (Phi) is 5.16. The van der Waals surface area contributed by atoms with Gasteiger partial charge in [0.15, 0.2) is 0 Å². The third-order valence-corrected chi connectivity index (χ3v) is 5.57. The molecule has 3 atom stereocenters. The molecule has 0 aliphatic heterocycles. The highest BCUT2D eigenvalue weighted by molar-refractivity contribution is 8.00. The molecule has 1 aromatic carbocycles. The van der Waals surface area contributed by atoms with Crippen LogP contribution in [0, 0.1) is 17.3 Å². The van der Waals surface area contributed by atoms with E-state index in [-0.39, 0.29) is 28.5 Å². The number of thioether (sulfide) groups is 1. The summed E-state index contributed by atoms with van der Waals surface area (Å²) in [6, 6.07) is 9.67. The fourth-order valence-corrected chi connectivity index (χ4v) is 4.11. The van der Waals surface area contributed by atoms with E-state index in [0.717, 1.165) is 4.90 Å². The first kappa shape index (κ1) is 16.9. The maximum absolute atomic E-state index is 12.2. The summed E-state index contributed by atoms with van der Waals surface area (Å²) in [5, 5.41) is 8.92. The van der Waals surface area contributed by atoms with Gasteiger partial charge < -0.3 is 9.84 Å². The van der Waals surface area contributed by atoms with Crippen LogP contribution < -0.4 is 0 Å². The molecule has 1 N–H and O–H groups in total. The third kappa shape index (κ3) is 3.64. The van der Waals surface area contributed by atoms with Crippen LogP contribution >= 0.6 is 11.8 Å². The molecule has 0 bridgehead atoms.